The van der Waals surface area contributed by atoms with Crippen LogP contribution in [0.2, 0.25) is 0 Å². The number of anilines is 1. The number of hydrogen-bond donors (Lipinski definition) is 2. The standard InChI is InChI=1S/C26H32N6O2/c1-18-15-27-25-23(18)24(28-17-29-25)20-8-12-32(13-9-20)26(33)30-21-4-3-5-22(14-21)34-16-19-6-10-31(2)11-7-19/h3-5,8,14-15,17,19H,6-7,9-13,16H2,1-2H3,(H,30,33)(H,27,28,29). The number of nitrogens with zero attached hydrogens (tertiary/aromatic N) is 4. The molecule has 0 atom stereocenters. The van der Waals surface area contributed by atoms with Gasteiger partial charge < -0.3 is 24.8 Å². The predicted octanol–water partition coefficient (Wildman–Crippen LogP) is 4.31. The maximum absolute atomic E-state index is 12.9. The molecule has 1 aromatic carbocycles. The molecule has 2 N–H and O–H groups in total. The van der Waals surface area contributed by atoms with Crippen LogP contribution in [0.1, 0.15) is 30.5 Å². The Morgan fingerprint density at radius 2 is 2.09 bits per heavy atom. The van der Waals surface area contributed by atoms with Crippen LogP contribution >= 0.6 is 0 Å². The fraction of sp³-hybridized carbons (Fsp3) is 0.423. The highest BCUT2D eigenvalue weighted by molar-refractivity contribution is 5.93. The average molecular weight is 461 g/mol. The number of aryl methyl sites for hydroxylation is 1. The van der Waals surface area contributed by atoms with Crippen LogP contribution < -0.4 is 10.1 Å². The van der Waals surface area contributed by atoms with Gasteiger partial charge in [0.25, 0.3) is 0 Å². The Morgan fingerprint density at radius 1 is 1.24 bits per heavy atom. The number of carbonyl (C=O) groups is 1. The van der Waals surface area contributed by atoms with Crippen LogP contribution in [-0.2, 0) is 0 Å². The van der Waals surface area contributed by atoms with Crippen LogP contribution in [-0.4, -0.2) is 70.6 Å². The molecule has 2 aromatic heterocycles. The number of nitrogens with one attached hydrogen (secondary N) is 2. The summed E-state index contributed by atoms with van der Waals surface area (Å²) in [4.78, 5) is 29.1. The SMILES string of the molecule is Cc1c[nH]c2ncnc(C3=CCN(C(=O)Nc4cccc(OCC5CCN(C)CC5)c4)CC3)c12. The fourth-order valence-corrected chi connectivity index (χ4v) is 4.74. The number of rotatable bonds is 5. The average Bonchev–Trinajstić information content (AvgIpc) is 3.25. The largest absolute Gasteiger partial charge is 0.493 e. The number of amides is 2. The Bertz CT molecular complexity index is 1190. The smallest absolute Gasteiger partial charge is 0.322 e. The molecule has 2 aliphatic heterocycles. The van der Waals surface area contributed by atoms with Crippen molar-refractivity contribution in [2.75, 3.05) is 45.2 Å². The maximum atomic E-state index is 12.9. The van der Waals surface area contributed by atoms with Crippen LogP contribution in [0, 0.1) is 12.8 Å². The first kappa shape index (κ1) is 22.4. The first-order chi connectivity index (χ1) is 16.6. The summed E-state index contributed by atoms with van der Waals surface area (Å²) in [6, 6.07) is 7.58. The molecule has 1 fully saturated rings. The van der Waals surface area contributed by atoms with E-state index < -0.39 is 0 Å². The van der Waals surface area contributed by atoms with Crippen molar-refractivity contribution in [1.29, 1.82) is 0 Å². The number of hydrogen-bond acceptors (Lipinski definition) is 5. The molecule has 0 saturated carbocycles. The summed E-state index contributed by atoms with van der Waals surface area (Å²) in [6.07, 6.45) is 8.73. The number of carbonyl (C=O) groups excluding carboxylic acids is 1. The highest BCUT2D eigenvalue weighted by Gasteiger charge is 2.21. The molecule has 2 aliphatic rings. The lowest BCUT2D eigenvalue weighted by Gasteiger charge is -2.28. The minimum Gasteiger partial charge on any atom is -0.493 e. The van der Waals surface area contributed by atoms with Crippen molar-refractivity contribution in [2.45, 2.75) is 26.2 Å². The number of ether oxygens (including phenoxy) is 1. The highest BCUT2D eigenvalue weighted by Crippen LogP contribution is 2.29. The lowest BCUT2D eigenvalue weighted by Crippen LogP contribution is -2.38. The van der Waals surface area contributed by atoms with Crippen LogP contribution in [0.4, 0.5) is 10.5 Å². The van der Waals surface area contributed by atoms with Gasteiger partial charge in [0.1, 0.15) is 17.7 Å². The topological polar surface area (TPSA) is 86.4 Å². The molecule has 4 heterocycles. The number of likely N-dealkylation sites (tertiary alicyclic amines) is 1. The summed E-state index contributed by atoms with van der Waals surface area (Å²) in [6.45, 7) is 6.22. The molecule has 8 heteroatoms. The molecule has 0 unspecified atom stereocenters. The second-order valence-corrected chi connectivity index (χ2v) is 9.36. The monoisotopic (exact) mass is 460 g/mol. The van der Waals surface area contributed by atoms with Crippen LogP contribution in [0.25, 0.3) is 16.6 Å². The quantitative estimate of drug-likeness (QED) is 0.593. The molecule has 2 amide bonds. The van der Waals surface area contributed by atoms with Gasteiger partial charge in [-0.05, 0) is 75.5 Å². The fourth-order valence-electron chi connectivity index (χ4n) is 4.74. The van der Waals surface area contributed by atoms with E-state index in [2.05, 4.69) is 45.2 Å². The van der Waals surface area contributed by atoms with Crippen molar-refractivity contribution in [2.24, 2.45) is 5.92 Å². The molecule has 0 bridgehead atoms. The number of piperidine rings is 1. The normalized spacial score (nSPS) is 17.6. The van der Waals surface area contributed by atoms with Crippen molar-refractivity contribution in [3.8, 4) is 5.75 Å². The third kappa shape index (κ3) is 4.92. The number of urea groups is 1. The van der Waals surface area contributed by atoms with Crippen LogP contribution in [0.3, 0.4) is 0 Å². The van der Waals surface area contributed by atoms with Gasteiger partial charge in [0.05, 0.1) is 12.3 Å². The van der Waals surface area contributed by atoms with E-state index >= 15 is 0 Å². The van der Waals surface area contributed by atoms with E-state index in [0.29, 0.717) is 19.0 Å². The Hall–Kier alpha value is -3.39. The summed E-state index contributed by atoms with van der Waals surface area (Å²) in [7, 11) is 2.17. The molecule has 8 nitrogen and oxygen atoms in total. The maximum Gasteiger partial charge on any atom is 0.322 e. The second-order valence-electron chi connectivity index (χ2n) is 9.36. The third-order valence-electron chi connectivity index (χ3n) is 6.88. The molecule has 5 rings (SSSR count). The first-order valence-electron chi connectivity index (χ1n) is 12.0. The minimum absolute atomic E-state index is 0.103. The van der Waals surface area contributed by atoms with Crippen molar-refractivity contribution in [3.05, 3.63) is 54.1 Å². The van der Waals surface area contributed by atoms with Gasteiger partial charge in [0.15, 0.2) is 0 Å². The molecule has 178 valence electrons. The molecule has 34 heavy (non-hydrogen) atoms. The van der Waals surface area contributed by atoms with E-state index in [9.17, 15) is 4.79 Å². The number of aromatic nitrogens is 3. The van der Waals surface area contributed by atoms with Gasteiger partial charge in [-0.2, -0.15) is 0 Å². The van der Waals surface area contributed by atoms with Gasteiger partial charge in [-0.3, -0.25) is 0 Å². The number of benzene rings is 1. The molecular weight excluding hydrogens is 428 g/mol. The summed E-state index contributed by atoms with van der Waals surface area (Å²) in [5, 5.41) is 4.08. The molecule has 0 aliphatic carbocycles. The van der Waals surface area contributed by atoms with E-state index in [1.165, 1.54) is 12.8 Å². The van der Waals surface area contributed by atoms with Gasteiger partial charge in [0.2, 0.25) is 0 Å². The van der Waals surface area contributed by atoms with Crippen LogP contribution in [0.5, 0.6) is 5.75 Å². The van der Waals surface area contributed by atoms with E-state index in [4.69, 9.17) is 4.74 Å². The van der Waals surface area contributed by atoms with E-state index in [1.807, 2.05) is 35.4 Å². The van der Waals surface area contributed by atoms with Gasteiger partial charge >= 0.3 is 6.03 Å². The lowest BCUT2D eigenvalue weighted by atomic mass is 9.98. The van der Waals surface area contributed by atoms with Crippen molar-refractivity contribution >= 4 is 28.3 Å². The minimum atomic E-state index is -0.103. The van der Waals surface area contributed by atoms with Crippen molar-refractivity contribution in [1.82, 2.24) is 24.8 Å². The zero-order valence-electron chi connectivity index (χ0n) is 19.9. The predicted molar refractivity (Wildman–Crippen MR) is 134 cm³/mol. The van der Waals surface area contributed by atoms with Gasteiger partial charge in [-0.15, -0.1) is 0 Å². The van der Waals surface area contributed by atoms with Crippen LogP contribution in [0.15, 0.2) is 42.9 Å². The summed E-state index contributed by atoms with van der Waals surface area (Å²) in [5.74, 6) is 1.39. The lowest BCUT2D eigenvalue weighted by molar-refractivity contribution is 0.160. The third-order valence-corrected chi connectivity index (χ3v) is 6.88. The van der Waals surface area contributed by atoms with E-state index in [0.717, 1.165) is 65.4 Å². The summed E-state index contributed by atoms with van der Waals surface area (Å²) in [5.41, 5.74) is 4.84. The molecule has 1 saturated heterocycles. The Labute approximate surface area is 200 Å². The van der Waals surface area contributed by atoms with E-state index in [-0.39, 0.29) is 6.03 Å². The number of aromatic amines is 1. The first-order valence-corrected chi connectivity index (χ1v) is 12.0. The molecular formula is C26H32N6O2. The van der Waals surface area contributed by atoms with Crippen molar-refractivity contribution < 1.29 is 9.53 Å². The van der Waals surface area contributed by atoms with Gasteiger partial charge in [-0.1, -0.05) is 12.1 Å². The highest BCUT2D eigenvalue weighted by atomic mass is 16.5. The Morgan fingerprint density at radius 3 is 2.88 bits per heavy atom. The Balaban J connectivity index is 1.18. The summed E-state index contributed by atoms with van der Waals surface area (Å²) < 4.78 is 6.04. The Kier molecular flexibility index (Phi) is 6.49. The molecule has 0 spiro atoms. The van der Waals surface area contributed by atoms with Gasteiger partial charge in [0, 0.05) is 36.4 Å². The van der Waals surface area contributed by atoms with Crippen molar-refractivity contribution in [3.63, 3.8) is 0 Å². The number of fused-ring (bicyclic) bond motifs is 1. The second kappa shape index (κ2) is 9.85. The van der Waals surface area contributed by atoms with Gasteiger partial charge in [-0.25, -0.2) is 14.8 Å². The zero-order valence-corrected chi connectivity index (χ0v) is 19.9. The number of H-pyrrole nitrogens is 1. The summed E-state index contributed by atoms with van der Waals surface area (Å²) >= 11 is 0. The molecule has 0 radical (unpaired) electrons. The van der Waals surface area contributed by atoms with E-state index in [1.54, 1.807) is 6.33 Å². The molecule has 3 aromatic rings. The zero-order chi connectivity index (χ0) is 23.5.